The molecule has 6 aromatic rings. The molecule has 0 saturated heterocycles. The number of hydrogen-bond donors (Lipinski definition) is 1. The second-order valence-electron chi connectivity index (χ2n) is 11.7. The summed E-state index contributed by atoms with van der Waals surface area (Å²) in [6.07, 6.45) is 0. The summed E-state index contributed by atoms with van der Waals surface area (Å²) in [6, 6.07) is 43.9. The van der Waals surface area contributed by atoms with E-state index in [0.29, 0.717) is 12.2 Å². The molecule has 0 aliphatic heterocycles. The zero-order chi connectivity index (χ0) is 29.3. The zero-order valence-corrected chi connectivity index (χ0v) is 24.2. The Kier molecular flexibility index (Phi) is 7.24. The summed E-state index contributed by atoms with van der Waals surface area (Å²) in [5.74, 6) is 4.96. The average Bonchev–Trinajstić information content (AvgIpc) is 3.34. The van der Waals surface area contributed by atoms with E-state index in [0.717, 1.165) is 49.8 Å². The first-order valence-electron chi connectivity index (χ1n) is 14.2. The maximum absolute atomic E-state index is 13.3. The van der Waals surface area contributed by atoms with E-state index in [4.69, 9.17) is 10.7 Å². The number of benzene rings is 5. The van der Waals surface area contributed by atoms with Gasteiger partial charge in [0.05, 0.1) is 0 Å². The van der Waals surface area contributed by atoms with Crippen LogP contribution >= 0.6 is 0 Å². The largest absolute Gasteiger partial charge is 0.374 e. The molecule has 0 spiro atoms. The molecule has 0 unspecified atom stereocenters. The van der Waals surface area contributed by atoms with Crippen LogP contribution < -0.4 is 5.90 Å². The number of carbonyl (C=O) groups is 1. The Bertz CT molecular complexity index is 1850. The van der Waals surface area contributed by atoms with Crippen molar-refractivity contribution in [3.63, 3.8) is 0 Å². The normalized spacial score (nSPS) is 11.5. The number of hydrogen-bond acceptors (Lipinski definition) is 3. The van der Waals surface area contributed by atoms with Crippen molar-refractivity contribution in [2.45, 2.75) is 32.7 Å². The molecule has 42 heavy (non-hydrogen) atoms. The Morgan fingerprint density at radius 2 is 1.19 bits per heavy atom. The maximum Gasteiger partial charge on any atom is 0.374 e. The van der Waals surface area contributed by atoms with Gasteiger partial charge in [-0.25, -0.2) is 4.79 Å². The van der Waals surface area contributed by atoms with Crippen molar-refractivity contribution in [2.24, 2.45) is 5.90 Å². The van der Waals surface area contributed by atoms with Gasteiger partial charge >= 0.3 is 5.97 Å². The molecule has 0 bridgehead atoms. The number of carbonyl (C=O) groups excluding carboxylic acids is 1. The molecule has 0 aliphatic rings. The smallest absolute Gasteiger partial charge is 0.369 e. The number of nitrogens with two attached hydrogens (primary N) is 1. The molecule has 1 aromatic heterocycles. The van der Waals surface area contributed by atoms with E-state index in [-0.39, 0.29) is 5.41 Å². The van der Waals surface area contributed by atoms with Crippen LogP contribution in [0.1, 0.15) is 42.4 Å². The average molecular weight is 551 g/mol. The van der Waals surface area contributed by atoms with Gasteiger partial charge in [0.25, 0.3) is 0 Å². The predicted molar refractivity (Wildman–Crippen MR) is 172 cm³/mol. The van der Waals surface area contributed by atoms with Gasteiger partial charge in [-0.3, -0.25) is 0 Å². The molecular formula is C38H34N2O2. The van der Waals surface area contributed by atoms with Gasteiger partial charge in [0.15, 0.2) is 0 Å². The van der Waals surface area contributed by atoms with Crippen molar-refractivity contribution < 1.29 is 9.63 Å². The molecule has 5 aromatic carbocycles. The fourth-order valence-corrected chi connectivity index (χ4v) is 5.64. The van der Waals surface area contributed by atoms with E-state index in [2.05, 4.69) is 99.6 Å². The molecule has 2 N–H and O–H groups in total. The van der Waals surface area contributed by atoms with E-state index in [1.54, 1.807) is 0 Å². The van der Waals surface area contributed by atoms with Crippen LogP contribution in [0.4, 0.5) is 0 Å². The molecular weight excluding hydrogens is 516 g/mol. The lowest BCUT2D eigenvalue weighted by Gasteiger charge is -2.19. The Morgan fingerprint density at radius 1 is 0.667 bits per heavy atom. The highest BCUT2D eigenvalue weighted by atomic mass is 16.7. The number of rotatable bonds is 6. The predicted octanol–water partition coefficient (Wildman–Crippen LogP) is 9.02. The monoisotopic (exact) mass is 550 g/mol. The second kappa shape index (κ2) is 11.2. The highest BCUT2D eigenvalue weighted by Crippen LogP contribution is 2.38. The van der Waals surface area contributed by atoms with Crippen LogP contribution in [0, 0.1) is 0 Å². The summed E-state index contributed by atoms with van der Waals surface area (Å²) < 4.78 is 2.02. The first-order chi connectivity index (χ1) is 20.3. The van der Waals surface area contributed by atoms with Crippen molar-refractivity contribution >= 4 is 16.9 Å². The van der Waals surface area contributed by atoms with Gasteiger partial charge in [0, 0.05) is 23.0 Å². The highest BCUT2D eigenvalue weighted by molar-refractivity contribution is 6.09. The number of fused-ring (bicyclic) bond motifs is 1. The molecule has 208 valence electrons. The number of aromatic nitrogens is 1. The molecule has 0 saturated carbocycles. The summed E-state index contributed by atoms with van der Waals surface area (Å²) in [7, 11) is 0. The first-order valence-corrected chi connectivity index (χ1v) is 14.2. The highest BCUT2D eigenvalue weighted by Gasteiger charge is 2.25. The van der Waals surface area contributed by atoms with Gasteiger partial charge in [-0.05, 0) is 56.5 Å². The molecule has 6 rings (SSSR count). The van der Waals surface area contributed by atoms with E-state index < -0.39 is 5.97 Å². The van der Waals surface area contributed by atoms with Gasteiger partial charge < -0.3 is 9.40 Å². The van der Waals surface area contributed by atoms with Crippen LogP contribution in [0.15, 0.2) is 127 Å². The van der Waals surface area contributed by atoms with E-state index >= 15 is 0 Å². The third kappa shape index (κ3) is 5.25. The summed E-state index contributed by atoms with van der Waals surface area (Å²) in [4.78, 5) is 18.2. The molecule has 1 heterocycles. The Hall–Kier alpha value is -4.93. The summed E-state index contributed by atoms with van der Waals surface area (Å²) in [5, 5.41) is 0.972. The zero-order valence-electron chi connectivity index (χ0n) is 24.2. The lowest BCUT2D eigenvalue weighted by atomic mass is 9.86. The topological polar surface area (TPSA) is 57.2 Å². The minimum atomic E-state index is -0.568. The maximum atomic E-state index is 13.3. The van der Waals surface area contributed by atoms with Crippen molar-refractivity contribution in [1.82, 2.24) is 4.57 Å². The fraction of sp³-hybridized carbons (Fsp3) is 0.132. The molecule has 4 nitrogen and oxygen atoms in total. The van der Waals surface area contributed by atoms with Crippen LogP contribution in [0.5, 0.6) is 0 Å². The van der Waals surface area contributed by atoms with Crippen LogP contribution in [0.2, 0.25) is 0 Å². The third-order valence-electron chi connectivity index (χ3n) is 7.91. The fourth-order valence-electron chi connectivity index (χ4n) is 5.64. The van der Waals surface area contributed by atoms with Gasteiger partial charge in [0.1, 0.15) is 5.69 Å². The Morgan fingerprint density at radius 3 is 1.79 bits per heavy atom. The van der Waals surface area contributed by atoms with E-state index in [1.165, 1.54) is 5.56 Å². The lowest BCUT2D eigenvalue weighted by Crippen LogP contribution is -2.17. The van der Waals surface area contributed by atoms with Crippen LogP contribution in [0.3, 0.4) is 0 Å². The minimum absolute atomic E-state index is 0.0803. The Labute approximate surface area is 247 Å². The second-order valence-corrected chi connectivity index (χ2v) is 11.7. The van der Waals surface area contributed by atoms with E-state index in [1.807, 2.05) is 53.1 Å². The van der Waals surface area contributed by atoms with Crippen molar-refractivity contribution in [2.75, 3.05) is 0 Å². The standard InChI is InChI=1S/C38H34N2O2/c1-38(2,3)32-21-18-29(19-22-32)31-20-23-34-33(24-31)35(30-12-8-5-9-13-30)36(37(41)42-39)40(34)25-26-14-16-28(17-15-26)27-10-6-4-7-11-27/h4-24H,25,39H2,1-3H3. The van der Waals surface area contributed by atoms with Crippen LogP contribution in [0.25, 0.3) is 44.3 Å². The summed E-state index contributed by atoms with van der Waals surface area (Å²) in [5.41, 5.74) is 10.1. The first kappa shape index (κ1) is 27.3. The van der Waals surface area contributed by atoms with Gasteiger partial charge in [-0.1, -0.05) is 136 Å². The van der Waals surface area contributed by atoms with Gasteiger partial charge in [-0.15, -0.1) is 0 Å². The molecule has 0 aliphatic carbocycles. The summed E-state index contributed by atoms with van der Waals surface area (Å²) >= 11 is 0. The summed E-state index contributed by atoms with van der Waals surface area (Å²) in [6.45, 7) is 7.14. The van der Waals surface area contributed by atoms with Crippen molar-refractivity contribution in [3.8, 4) is 33.4 Å². The van der Waals surface area contributed by atoms with Crippen LogP contribution in [-0.2, 0) is 16.8 Å². The SMILES string of the molecule is CC(C)(C)c1ccc(-c2ccc3c(c2)c(-c2ccccc2)c(C(=O)ON)n3Cc2ccc(-c3ccccc3)cc2)cc1. The van der Waals surface area contributed by atoms with Gasteiger partial charge in [-0.2, -0.15) is 5.90 Å². The molecule has 0 atom stereocenters. The Balaban J connectivity index is 1.50. The molecule has 4 heteroatoms. The van der Waals surface area contributed by atoms with Crippen LogP contribution in [-0.4, -0.2) is 10.5 Å². The third-order valence-corrected chi connectivity index (χ3v) is 7.91. The molecule has 0 fully saturated rings. The minimum Gasteiger partial charge on any atom is -0.369 e. The van der Waals surface area contributed by atoms with Crippen molar-refractivity contribution in [3.05, 3.63) is 144 Å². The quantitative estimate of drug-likeness (QED) is 0.211. The van der Waals surface area contributed by atoms with Crippen molar-refractivity contribution in [1.29, 1.82) is 0 Å². The number of nitrogens with zero attached hydrogens (tertiary/aromatic N) is 1. The van der Waals surface area contributed by atoms with E-state index in [9.17, 15) is 4.79 Å². The molecule has 0 amide bonds. The molecule has 0 radical (unpaired) electrons. The van der Waals surface area contributed by atoms with Gasteiger partial charge in [0.2, 0.25) is 0 Å². The lowest BCUT2D eigenvalue weighted by molar-refractivity contribution is 0.0493.